The van der Waals surface area contributed by atoms with Crippen LogP contribution in [0.2, 0.25) is 0 Å². The number of benzene rings is 1. The number of carboxylic acid groups (broad SMARTS) is 1. The number of likely N-dealkylation sites (tertiary alicyclic amines) is 1. The molecule has 9 nitrogen and oxygen atoms in total. The smallest absolute Gasteiger partial charge is 0.407 e. The summed E-state index contributed by atoms with van der Waals surface area (Å²) < 4.78 is 15.9. The number of hydrogen-bond acceptors (Lipinski definition) is 5. The van der Waals surface area contributed by atoms with E-state index in [4.69, 9.17) is 10.8 Å². The van der Waals surface area contributed by atoms with Crippen LogP contribution in [0.25, 0.3) is 11.1 Å². The minimum absolute atomic E-state index is 0.0355. The van der Waals surface area contributed by atoms with E-state index in [2.05, 4.69) is 10.3 Å². The monoisotopic (exact) mass is 480 g/mol. The lowest BCUT2D eigenvalue weighted by Gasteiger charge is -2.30. The molecule has 4 N–H and O–H groups in total. The maximum absolute atomic E-state index is 14.0. The van der Waals surface area contributed by atoms with Crippen LogP contribution in [0.3, 0.4) is 0 Å². The first-order chi connectivity index (χ1) is 16.5. The van der Waals surface area contributed by atoms with Crippen LogP contribution < -0.4 is 11.1 Å². The van der Waals surface area contributed by atoms with E-state index in [1.807, 2.05) is 31.6 Å². The van der Waals surface area contributed by atoms with Crippen molar-refractivity contribution in [1.29, 1.82) is 0 Å². The molecular formula is C25H29FN6O3. The molecule has 0 radical (unpaired) electrons. The largest absolute Gasteiger partial charge is 0.465 e. The SMILES string of the molecule is CC(C)(C)c1nn(C2CCN(C(=O)O)CC2)cc1-c1cnc(N)c(C(=O)Nc2ccccc2F)c1. The fourth-order valence-electron chi connectivity index (χ4n) is 4.22. The van der Waals surface area contributed by atoms with Crippen LogP contribution in [0.4, 0.5) is 20.7 Å². The second kappa shape index (κ2) is 9.36. The van der Waals surface area contributed by atoms with Gasteiger partial charge in [-0.25, -0.2) is 14.2 Å². The highest BCUT2D eigenvalue weighted by atomic mass is 19.1. The third-order valence-electron chi connectivity index (χ3n) is 6.15. The molecule has 1 saturated heterocycles. The Labute approximate surface area is 202 Å². The summed E-state index contributed by atoms with van der Waals surface area (Å²) in [6.45, 7) is 7.04. The summed E-state index contributed by atoms with van der Waals surface area (Å²) in [6.07, 6.45) is 3.93. The predicted octanol–water partition coefficient (Wildman–Crippen LogP) is 4.53. The summed E-state index contributed by atoms with van der Waals surface area (Å²) in [5.41, 5.74) is 8.18. The zero-order chi connectivity index (χ0) is 25.3. The first-order valence-corrected chi connectivity index (χ1v) is 11.4. The summed E-state index contributed by atoms with van der Waals surface area (Å²) in [5.74, 6) is -1.07. The van der Waals surface area contributed by atoms with E-state index in [0.29, 0.717) is 31.5 Å². The van der Waals surface area contributed by atoms with Gasteiger partial charge in [-0.2, -0.15) is 5.10 Å². The Hall–Kier alpha value is -3.95. The normalized spacial score (nSPS) is 14.7. The van der Waals surface area contributed by atoms with Crippen LogP contribution in [0.15, 0.2) is 42.7 Å². The standard InChI is InChI=1S/C25H29FN6O3/c1-25(2,3)21-18(14-32(30-21)16-8-10-31(11-9-16)24(34)35)15-12-17(22(27)28-13-15)23(33)29-20-7-5-4-6-19(20)26/h4-7,12-14,16H,8-11H2,1-3H3,(H2,27,28)(H,29,33)(H,34,35). The molecule has 0 aliphatic carbocycles. The van der Waals surface area contributed by atoms with Crippen molar-refractivity contribution in [2.24, 2.45) is 0 Å². The number of anilines is 2. The van der Waals surface area contributed by atoms with E-state index in [0.717, 1.165) is 11.3 Å². The molecule has 1 fully saturated rings. The van der Waals surface area contributed by atoms with E-state index in [1.165, 1.54) is 17.0 Å². The Bertz CT molecular complexity index is 1260. The molecule has 2 aromatic heterocycles. The minimum Gasteiger partial charge on any atom is -0.465 e. The Morgan fingerprint density at radius 3 is 2.51 bits per heavy atom. The minimum atomic E-state index is -0.908. The second-order valence-corrected chi connectivity index (χ2v) is 9.71. The molecule has 0 bridgehead atoms. The molecule has 35 heavy (non-hydrogen) atoms. The number of pyridine rings is 1. The summed E-state index contributed by atoms with van der Waals surface area (Å²) in [5, 5.41) is 16.7. The number of hydrogen-bond donors (Lipinski definition) is 3. The van der Waals surface area contributed by atoms with Crippen molar-refractivity contribution in [3.05, 3.63) is 59.8 Å². The Kier molecular flexibility index (Phi) is 6.47. The fraction of sp³-hybridized carbons (Fsp3) is 0.360. The van der Waals surface area contributed by atoms with E-state index in [1.54, 1.807) is 24.4 Å². The molecule has 0 saturated carbocycles. The average molecular weight is 481 g/mol. The lowest BCUT2D eigenvalue weighted by atomic mass is 9.87. The van der Waals surface area contributed by atoms with Crippen molar-refractivity contribution in [2.45, 2.75) is 45.1 Å². The van der Waals surface area contributed by atoms with Crippen LogP contribution in [-0.4, -0.2) is 49.9 Å². The Morgan fingerprint density at radius 1 is 1.20 bits per heavy atom. The molecule has 10 heteroatoms. The number of nitrogen functional groups attached to an aromatic ring is 1. The molecule has 184 valence electrons. The highest BCUT2D eigenvalue weighted by Gasteiger charge is 2.29. The summed E-state index contributed by atoms with van der Waals surface area (Å²) >= 11 is 0. The predicted molar refractivity (Wildman–Crippen MR) is 131 cm³/mol. The second-order valence-electron chi connectivity index (χ2n) is 9.71. The van der Waals surface area contributed by atoms with Gasteiger partial charge in [0.1, 0.15) is 11.6 Å². The number of rotatable bonds is 4. The number of carbonyl (C=O) groups excluding carboxylic acids is 1. The van der Waals surface area contributed by atoms with Crippen molar-refractivity contribution in [1.82, 2.24) is 19.7 Å². The third kappa shape index (κ3) is 5.11. The maximum Gasteiger partial charge on any atom is 0.407 e. The molecule has 0 unspecified atom stereocenters. The van der Waals surface area contributed by atoms with Gasteiger partial charge >= 0.3 is 6.09 Å². The highest BCUT2D eigenvalue weighted by Crippen LogP contribution is 2.35. The number of halogens is 1. The molecule has 4 rings (SSSR count). The van der Waals surface area contributed by atoms with E-state index >= 15 is 0 Å². The zero-order valence-electron chi connectivity index (χ0n) is 20.0. The Balaban J connectivity index is 1.67. The molecule has 3 aromatic rings. The quantitative estimate of drug-likeness (QED) is 0.504. The number of carbonyl (C=O) groups is 2. The molecule has 0 atom stereocenters. The maximum atomic E-state index is 14.0. The van der Waals surface area contributed by atoms with Gasteiger partial charge in [0.15, 0.2) is 0 Å². The summed E-state index contributed by atoms with van der Waals surface area (Å²) in [7, 11) is 0. The lowest BCUT2D eigenvalue weighted by Crippen LogP contribution is -2.38. The molecular weight excluding hydrogens is 451 g/mol. The van der Waals surface area contributed by atoms with Crippen LogP contribution >= 0.6 is 0 Å². The molecule has 1 aliphatic rings. The summed E-state index contributed by atoms with van der Waals surface area (Å²) in [6, 6.07) is 7.60. The first-order valence-electron chi connectivity index (χ1n) is 11.4. The fourth-order valence-corrected chi connectivity index (χ4v) is 4.22. The molecule has 1 aliphatic heterocycles. The first kappa shape index (κ1) is 24.2. The van der Waals surface area contributed by atoms with Gasteiger partial charge in [-0.05, 0) is 31.0 Å². The Morgan fingerprint density at radius 2 is 1.89 bits per heavy atom. The summed E-state index contributed by atoms with van der Waals surface area (Å²) in [4.78, 5) is 29.8. The molecule has 0 spiro atoms. The number of para-hydroxylation sites is 1. The lowest BCUT2D eigenvalue weighted by molar-refractivity contribution is 0.102. The number of nitrogens with zero attached hydrogens (tertiary/aromatic N) is 4. The topological polar surface area (TPSA) is 126 Å². The van der Waals surface area contributed by atoms with Crippen molar-refractivity contribution < 1.29 is 19.1 Å². The van der Waals surface area contributed by atoms with Crippen LogP contribution in [0.5, 0.6) is 0 Å². The number of aromatic nitrogens is 3. The van der Waals surface area contributed by atoms with Gasteiger partial charge in [-0.15, -0.1) is 0 Å². The average Bonchev–Trinajstić information content (AvgIpc) is 3.27. The van der Waals surface area contributed by atoms with Gasteiger partial charge in [0.05, 0.1) is 23.0 Å². The van der Waals surface area contributed by atoms with Crippen molar-refractivity contribution in [3.8, 4) is 11.1 Å². The van der Waals surface area contributed by atoms with Gasteiger partial charge in [0, 0.05) is 42.0 Å². The van der Waals surface area contributed by atoms with Crippen LogP contribution in [0, 0.1) is 5.82 Å². The van der Waals surface area contributed by atoms with Gasteiger partial charge < -0.3 is 21.1 Å². The van der Waals surface area contributed by atoms with Crippen molar-refractivity contribution >= 4 is 23.5 Å². The van der Waals surface area contributed by atoms with Gasteiger partial charge in [0.25, 0.3) is 5.91 Å². The number of nitrogens with one attached hydrogen (secondary N) is 1. The molecule has 2 amide bonds. The van der Waals surface area contributed by atoms with E-state index < -0.39 is 17.8 Å². The van der Waals surface area contributed by atoms with Gasteiger partial charge in [-0.1, -0.05) is 32.9 Å². The number of piperidine rings is 1. The van der Waals surface area contributed by atoms with Crippen LogP contribution in [0.1, 0.15) is 55.7 Å². The number of amides is 2. The number of nitrogens with two attached hydrogens (primary N) is 1. The van der Waals surface area contributed by atoms with E-state index in [9.17, 15) is 19.1 Å². The van der Waals surface area contributed by atoms with Gasteiger partial charge in [-0.3, -0.25) is 9.48 Å². The highest BCUT2D eigenvalue weighted by molar-refractivity contribution is 6.08. The van der Waals surface area contributed by atoms with E-state index in [-0.39, 0.29) is 28.5 Å². The third-order valence-corrected chi connectivity index (χ3v) is 6.15. The van der Waals surface area contributed by atoms with Crippen LogP contribution in [-0.2, 0) is 5.41 Å². The van der Waals surface area contributed by atoms with Crippen molar-refractivity contribution in [3.63, 3.8) is 0 Å². The zero-order valence-corrected chi connectivity index (χ0v) is 20.0. The molecule has 1 aromatic carbocycles. The van der Waals surface area contributed by atoms with Crippen molar-refractivity contribution in [2.75, 3.05) is 24.1 Å². The molecule has 3 heterocycles. The van der Waals surface area contributed by atoms with Gasteiger partial charge in [0.2, 0.25) is 0 Å².